The standard InChI is InChI=1S/C18H32N4O/c1-4-19-18(21-12-17-7-5-10-23-17)20-8-6-9-22-13-15(2)11-16(3)14-22/h5,7,10,15-16H,4,6,8-9,11-14H2,1-3H3,(H2,19,20,21). The molecule has 0 aromatic carbocycles. The summed E-state index contributed by atoms with van der Waals surface area (Å²) in [5, 5.41) is 6.70. The van der Waals surface area contributed by atoms with Gasteiger partial charge in [-0.1, -0.05) is 13.8 Å². The number of guanidine groups is 1. The summed E-state index contributed by atoms with van der Waals surface area (Å²) < 4.78 is 5.32. The highest BCUT2D eigenvalue weighted by atomic mass is 16.3. The lowest BCUT2D eigenvalue weighted by atomic mass is 9.92. The number of furan rings is 1. The molecule has 0 bridgehead atoms. The van der Waals surface area contributed by atoms with Crippen LogP contribution in [0.4, 0.5) is 0 Å². The van der Waals surface area contributed by atoms with Crippen molar-refractivity contribution in [2.24, 2.45) is 16.8 Å². The highest BCUT2D eigenvalue weighted by Crippen LogP contribution is 2.20. The average Bonchev–Trinajstić information content (AvgIpc) is 3.01. The second-order valence-electron chi connectivity index (χ2n) is 6.76. The van der Waals surface area contributed by atoms with E-state index in [1.54, 1.807) is 6.26 Å². The molecule has 2 unspecified atom stereocenters. The van der Waals surface area contributed by atoms with Crippen molar-refractivity contribution in [2.75, 3.05) is 32.7 Å². The lowest BCUT2D eigenvalue weighted by Gasteiger charge is -2.35. The Labute approximate surface area is 140 Å². The van der Waals surface area contributed by atoms with Crippen LogP contribution in [0.2, 0.25) is 0 Å². The van der Waals surface area contributed by atoms with Gasteiger partial charge in [0.1, 0.15) is 12.3 Å². The maximum atomic E-state index is 5.32. The van der Waals surface area contributed by atoms with Gasteiger partial charge in [0.15, 0.2) is 5.96 Å². The van der Waals surface area contributed by atoms with Crippen LogP contribution in [0.5, 0.6) is 0 Å². The first-order chi connectivity index (χ1) is 11.2. The van der Waals surface area contributed by atoms with Crippen LogP contribution in [-0.4, -0.2) is 43.6 Å². The van der Waals surface area contributed by atoms with E-state index in [2.05, 4.69) is 41.3 Å². The van der Waals surface area contributed by atoms with Crippen LogP contribution >= 0.6 is 0 Å². The highest BCUT2D eigenvalue weighted by molar-refractivity contribution is 5.79. The number of rotatable bonds is 7. The van der Waals surface area contributed by atoms with Crippen molar-refractivity contribution < 1.29 is 4.42 Å². The molecule has 0 saturated carbocycles. The van der Waals surface area contributed by atoms with E-state index in [0.29, 0.717) is 6.54 Å². The molecule has 1 aromatic heterocycles. The molecule has 0 amide bonds. The summed E-state index contributed by atoms with van der Waals surface area (Å²) >= 11 is 0. The minimum atomic E-state index is 0.573. The molecule has 2 atom stereocenters. The van der Waals surface area contributed by atoms with E-state index < -0.39 is 0 Å². The van der Waals surface area contributed by atoms with Gasteiger partial charge >= 0.3 is 0 Å². The number of likely N-dealkylation sites (tertiary alicyclic amines) is 1. The first kappa shape index (κ1) is 17.9. The van der Waals surface area contributed by atoms with Gasteiger partial charge < -0.3 is 20.0 Å². The Morgan fingerprint density at radius 3 is 2.74 bits per heavy atom. The maximum Gasteiger partial charge on any atom is 0.191 e. The molecule has 5 heteroatoms. The minimum absolute atomic E-state index is 0.573. The fourth-order valence-corrected chi connectivity index (χ4v) is 3.39. The van der Waals surface area contributed by atoms with E-state index in [1.807, 2.05) is 12.1 Å². The third-order valence-corrected chi connectivity index (χ3v) is 4.21. The molecule has 1 aliphatic heterocycles. The lowest BCUT2D eigenvalue weighted by molar-refractivity contribution is 0.140. The van der Waals surface area contributed by atoms with Crippen LogP contribution in [0.15, 0.2) is 27.8 Å². The van der Waals surface area contributed by atoms with Crippen molar-refractivity contribution in [1.29, 1.82) is 0 Å². The molecule has 2 rings (SSSR count). The summed E-state index contributed by atoms with van der Waals surface area (Å²) in [6.07, 6.45) is 4.20. The molecule has 0 aliphatic carbocycles. The molecular formula is C18H32N4O. The van der Waals surface area contributed by atoms with Crippen LogP contribution < -0.4 is 10.6 Å². The molecule has 1 aliphatic rings. The fraction of sp³-hybridized carbons (Fsp3) is 0.722. The van der Waals surface area contributed by atoms with Gasteiger partial charge in [-0.2, -0.15) is 0 Å². The fourth-order valence-electron chi connectivity index (χ4n) is 3.39. The Bertz CT molecular complexity index is 448. The normalized spacial score (nSPS) is 23.0. The summed E-state index contributed by atoms with van der Waals surface area (Å²) in [6, 6.07) is 3.84. The molecule has 2 N–H and O–H groups in total. The highest BCUT2D eigenvalue weighted by Gasteiger charge is 2.20. The van der Waals surface area contributed by atoms with E-state index in [4.69, 9.17) is 4.42 Å². The first-order valence-electron chi connectivity index (χ1n) is 8.94. The second-order valence-corrected chi connectivity index (χ2v) is 6.76. The Morgan fingerprint density at radius 1 is 1.30 bits per heavy atom. The minimum Gasteiger partial charge on any atom is -0.467 e. The van der Waals surface area contributed by atoms with E-state index in [9.17, 15) is 0 Å². The number of piperidine rings is 1. The molecule has 130 valence electrons. The van der Waals surface area contributed by atoms with E-state index >= 15 is 0 Å². The summed E-state index contributed by atoms with van der Waals surface area (Å²) in [5.74, 6) is 3.42. The van der Waals surface area contributed by atoms with Crippen LogP contribution in [-0.2, 0) is 6.54 Å². The lowest BCUT2D eigenvalue weighted by Crippen LogP contribution is -2.41. The van der Waals surface area contributed by atoms with Gasteiger partial charge in [-0.05, 0) is 50.3 Å². The van der Waals surface area contributed by atoms with E-state index in [-0.39, 0.29) is 0 Å². The number of hydrogen-bond acceptors (Lipinski definition) is 3. The van der Waals surface area contributed by atoms with Crippen molar-refractivity contribution in [3.63, 3.8) is 0 Å². The Kier molecular flexibility index (Phi) is 7.46. The van der Waals surface area contributed by atoms with Gasteiger partial charge in [0, 0.05) is 26.2 Å². The third kappa shape index (κ3) is 6.65. The van der Waals surface area contributed by atoms with Crippen molar-refractivity contribution in [3.8, 4) is 0 Å². The Morgan fingerprint density at radius 2 is 2.09 bits per heavy atom. The number of hydrogen-bond donors (Lipinski definition) is 2. The third-order valence-electron chi connectivity index (χ3n) is 4.21. The zero-order chi connectivity index (χ0) is 16.5. The van der Waals surface area contributed by atoms with Crippen molar-refractivity contribution in [1.82, 2.24) is 15.5 Å². The van der Waals surface area contributed by atoms with Crippen molar-refractivity contribution >= 4 is 5.96 Å². The molecule has 2 heterocycles. The topological polar surface area (TPSA) is 52.8 Å². The molecule has 5 nitrogen and oxygen atoms in total. The molecule has 1 saturated heterocycles. The number of nitrogens with one attached hydrogen (secondary N) is 2. The van der Waals surface area contributed by atoms with Crippen LogP contribution in [0.25, 0.3) is 0 Å². The number of aliphatic imine (C=N–C) groups is 1. The Hall–Kier alpha value is -1.49. The van der Waals surface area contributed by atoms with E-state index in [1.165, 1.54) is 26.1 Å². The van der Waals surface area contributed by atoms with Crippen LogP contribution in [0, 0.1) is 11.8 Å². The monoisotopic (exact) mass is 320 g/mol. The van der Waals surface area contributed by atoms with Gasteiger partial charge in [-0.3, -0.25) is 0 Å². The molecule has 23 heavy (non-hydrogen) atoms. The van der Waals surface area contributed by atoms with Gasteiger partial charge in [0.2, 0.25) is 0 Å². The molecule has 0 spiro atoms. The average molecular weight is 320 g/mol. The first-order valence-corrected chi connectivity index (χ1v) is 8.94. The smallest absolute Gasteiger partial charge is 0.191 e. The predicted molar refractivity (Wildman–Crippen MR) is 95.5 cm³/mol. The van der Waals surface area contributed by atoms with Crippen molar-refractivity contribution in [2.45, 2.75) is 40.2 Å². The largest absolute Gasteiger partial charge is 0.467 e. The van der Waals surface area contributed by atoms with Gasteiger partial charge in [-0.25, -0.2) is 4.99 Å². The number of nitrogens with zero attached hydrogens (tertiary/aromatic N) is 2. The van der Waals surface area contributed by atoms with Crippen LogP contribution in [0.1, 0.15) is 39.4 Å². The molecule has 1 aromatic rings. The molecular weight excluding hydrogens is 288 g/mol. The predicted octanol–water partition coefficient (Wildman–Crippen LogP) is 2.70. The summed E-state index contributed by atoms with van der Waals surface area (Å²) in [6.45, 7) is 12.9. The Balaban J connectivity index is 1.68. The zero-order valence-corrected chi connectivity index (χ0v) is 14.8. The summed E-state index contributed by atoms with van der Waals surface area (Å²) in [5.41, 5.74) is 0. The van der Waals surface area contributed by atoms with Gasteiger partial charge in [0.05, 0.1) is 6.26 Å². The SMILES string of the molecule is CCNC(=NCc1ccco1)NCCCN1CC(C)CC(C)C1. The van der Waals surface area contributed by atoms with Crippen molar-refractivity contribution in [3.05, 3.63) is 24.2 Å². The van der Waals surface area contributed by atoms with Gasteiger partial charge in [0.25, 0.3) is 0 Å². The molecule has 0 radical (unpaired) electrons. The quantitative estimate of drug-likeness (QED) is 0.461. The second kappa shape index (κ2) is 9.60. The maximum absolute atomic E-state index is 5.32. The summed E-state index contributed by atoms with van der Waals surface area (Å²) in [4.78, 5) is 7.16. The summed E-state index contributed by atoms with van der Waals surface area (Å²) in [7, 11) is 0. The van der Waals surface area contributed by atoms with Crippen LogP contribution in [0.3, 0.4) is 0 Å². The zero-order valence-electron chi connectivity index (χ0n) is 14.8. The van der Waals surface area contributed by atoms with Gasteiger partial charge in [-0.15, -0.1) is 0 Å². The molecule has 1 fully saturated rings. The van der Waals surface area contributed by atoms with E-state index in [0.717, 1.165) is 43.1 Å².